The van der Waals surface area contributed by atoms with E-state index in [-0.39, 0.29) is 6.61 Å². The molecule has 0 aliphatic carbocycles. The Morgan fingerprint density at radius 2 is 2.50 bits per heavy atom. The topological polar surface area (TPSA) is 50.1 Å². The van der Waals surface area contributed by atoms with Gasteiger partial charge in [-0.3, -0.25) is 4.68 Å². The zero-order valence-electron chi connectivity index (χ0n) is 6.92. The summed E-state index contributed by atoms with van der Waals surface area (Å²) < 4.78 is 1.61. The number of nitrogens with one attached hydrogen (secondary N) is 1. The molecular weight excluding hydrogens is 178 g/mol. The molecule has 68 valence electrons. The van der Waals surface area contributed by atoms with Crippen molar-refractivity contribution in [3.05, 3.63) is 16.9 Å². The predicted octanol–water partition coefficient (Wildman–Crippen LogP) is 0.155. The molecule has 0 amide bonds. The Labute approximate surface area is 76.1 Å². The van der Waals surface area contributed by atoms with Crippen LogP contribution in [0.15, 0.2) is 6.20 Å². The van der Waals surface area contributed by atoms with Crippen molar-refractivity contribution in [1.29, 1.82) is 0 Å². The lowest BCUT2D eigenvalue weighted by molar-refractivity contribution is 0.292. The quantitative estimate of drug-likeness (QED) is 0.664. The molecule has 1 rings (SSSR count). The van der Waals surface area contributed by atoms with E-state index in [1.807, 2.05) is 0 Å². The molecule has 4 nitrogen and oxygen atoms in total. The molecule has 0 radical (unpaired) electrons. The van der Waals surface area contributed by atoms with Crippen molar-refractivity contribution in [2.75, 3.05) is 13.2 Å². The SMILES string of the molecule is Cn1ncc(CNCCO)c1Cl. The van der Waals surface area contributed by atoms with Gasteiger partial charge in [-0.05, 0) is 0 Å². The van der Waals surface area contributed by atoms with Crippen molar-refractivity contribution >= 4 is 11.6 Å². The Morgan fingerprint density at radius 3 is 3.00 bits per heavy atom. The van der Waals surface area contributed by atoms with E-state index in [1.165, 1.54) is 0 Å². The molecular formula is C7H12ClN3O. The van der Waals surface area contributed by atoms with Crippen LogP contribution < -0.4 is 5.32 Å². The molecule has 1 aromatic heterocycles. The molecule has 0 atom stereocenters. The fraction of sp³-hybridized carbons (Fsp3) is 0.571. The zero-order valence-corrected chi connectivity index (χ0v) is 7.67. The third kappa shape index (κ3) is 2.20. The fourth-order valence-corrected chi connectivity index (χ4v) is 1.05. The second kappa shape index (κ2) is 4.45. The molecule has 5 heteroatoms. The number of rotatable bonds is 4. The lowest BCUT2D eigenvalue weighted by atomic mass is 10.3. The number of hydrogen-bond acceptors (Lipinski definition) is 3. The largest absolute Gasteiger partial charge is 0.395 e. The van der Waals surface area contributed by atoms with Crippen LogP contribution in [0.2, 0.25) is 5.15 Å². The summed E-state index contributed by atoms with van der Waals surface area (Å²) in [5, 5.41) is 16.1. The van der Waals surface area contributed by atoms with Crippen molar-refractivity contribution in [3.8, 4) is 0 Å². The summed E-state index contributed by atoms with van der Waals surface area (Å²) in [7, 11) is 1.79. The van der Waals surface area contributed by atoms with Gasteiger partial charge in [0.25, 0.3) is 0 Å². The van der Waals surface area contributed by atoms with E-state index in [1.54, 1.807) is 17.9 Å². The van der Waals surface area contributed by atoms with Crippen LogP contribution in [0.25, 0.3) is 0 Å². The van der Waals surface area contributed by atoms with E-state index in [9.17, 15) is 0 Å². The number of halogens is 1. The van der Waals surface area contributed by atoms with Gasteiger partial charge in [-0.2, -0.15) is 5.10 Å². The summed E-state index contributed by atoms with van der Waals surface area (Å²) in [6.07, 6.45) is 1.71. The summed E-state index contributed by atoms with van der Waals surface area (Å²) in [6, 6.07) is 0. The Bertz CT molecular complexity index is 249. The highest BCUT2D eigenvalue weighted by molar-refractivity contribution is 6.30. The Balaban J connectivity index is 2.46. The summed E-state index contributed by atoms with van der Waals surface area (Å²) in [4.78, 5) is 0. The van der Waals surface area contributed by atoms with Crippen LogP contribution in [0.5, 0.6) is 0 Å². The smallest absolute Gasteiger partial charge is 0.131 e. The fourth-order valence-electron chi connectivity index (χ4n) is 0.889. The molecule has 0 aromatic carbocycles. The van der Waals surface area contributed by atoms with Crippen LogP contribution >= 0.6 is 11.6 Å². The molecule has 0 unspecified atom stereocenters. The van der Waals surface area contributed by atoms with Gasteiger partial charge < -0.3 is 10.4 Å². The molecule has 0 spiro atoms. The van der Waals surface area contributed by atoms with Crippen LogP contribution in [0.3, 0.4) is 0 Å². The summed E-state index contributed by atoms with van der Waals surface area (Å²) in [6.45, 7) is 1.36. The Hall–Kier alpha value is -0.580. The van der Waals surface area contributed by atoms with Crippen LogP contribution in [0.4, 0.5) is 0 Å². The van der Waals surface area contributed by atoms with Gasteiger partial charge in [-0.25, -0.2) is 0 Å². The average Bonchev–Trinajstić information content (AvgIpc) is 2.36. The van der Waals surface area contributed by atoms with Gasteiger partial charge in [0.2, 0.25) is 0 Å². The van der Waals surface area contributed by atoms with E-state index >= 15 is 0 Å². The van der Waals surface area contributed by atoms with Gasteiger partial charge in [0.15, 0.2) is 0 Å². The molecule has 0 aliphatic heterocycles. The minimum atomic E-state index is 0.137. The number of aliphatic hydroxyl groups is 1. The molecule has 0 saturated carbocycles. The Morgan fingerprint density at radius 1 is 1.75 bits per heavy atom. The third-order valence-corrected chi connectivity index (χ3v) is 2.03. The summed E-state index contributed by atoms with van der Waals surface area (Å²) in [5.41, 5.74) is 0.951. The first-order valence-corrected chi connectivity index (χ1v) is 4.11. The third-order valence-electron chi connectivity index (χ3n) is 1.54. The maximum absolute atomic E-state index is 8.50. The maximum atomic E-state index is 8.50. The van der Waals surface area contributed by atoms with Gasteiger partial charge in [0.1, 0.15) is 5.15 Å². The highest BCUT2D eigenvalue weighted by Crippen LogP contribution is 2.12. The molecule has 2 N–H and O–H groups in total. The van der Waals surface area contributed by atoms with Crippen molar-refractivity contribution < 1.29 is 5.11 Å². The average molecular weight is 190 g/mol. The first-order valence-electron chi connectivity index (χ1n) is 3.73. The molecule has 0 bridgehead atoms. The number of nitrogens with zero attached hydrogens (tertiary/aromatic N) is 2. The second-order valence-corrected chi connectivity index (χ2v) is 2.84. The number of aromatic nitrogens is 2. The number of hydrogen-bond donors (Lipinski definition) is 2. The van der Waals surface area contributed by atoms with E-state index < -0.39 is 0 Å². The summed E-state index contributed by atoms with van der Waals surface area (Å²) >= 11 is 5.89. The summed E-state index contributed by atoms with van der Waals surface area (Å²) in [5.74, 6) is 0. The standard InChI is InChI=1S/C7H12ClN3O/c1-11-7(8)6(5-10-11)4-9-2-3-12/h5,9,12H,2-4H2,1H3. The lowest BCUT2D eigenvalue weighted by Gasteiger charge is -2.00. The van der Waals surface area contributed by atoms with Crippen molar-refractivity contribution in [2.24, 2.45) is 7.05 Å². The molecule has 0 saturated heterocycles. The highest BCUT2D eigenvalue weighted by Gasteiger charge is 2.03. The van der Waals surface area contributed by atoms with Gasteiger partial charge >= 0.3 is 0 Å². The van der Waals surface area contributed by atoms with E-state index in [2.05, 4.69) is 10.4 Å². The molecule has 0 fully saturated rings. The van der Waals surface area contributed by atoms with Gasteiger partial charge in [0.05, 0.1) is 12.8 Å². The van der Waals surface area contributed by atoms with Gasteiger partial charge in [-0.15, -0.1) is 0 Å². The van der Waals surface area contributed by atoms with Crippen LogP contribution in [-0.2, 0) is 13.6 Å². The minimum Gasteiger partial charge on any atom is -0.395 e. The zero-order chi connectivity index (χ0) is 8.97. The van der Waals surface area contributed by atoms with Crippen LogP contribution in [-0.4, -0.2) is 28.0 Å². The van der Waals surface area contributed by atoms with Crippen molar-refractivity contribution in [1.82, 2.24) is 15.1 Å². The van der Waals surface area contributed by atoms with Crippen LogP contribution in [0.1, 0.15) is 5.56 Å². The molecule has 0 aliphatic rings. The highest BCUT2D eigenvalue weighted by atomic mass is 35.5. The van der Waals surface area contributed by atoms with E-state index in [0.717, 1.165) is 5.56 Å². The normalized spacial score (nSPS) is 10.6. The van der Waals surface area contributed by atoms with E-state index in [0.29, 0.717) is 18.2 Å². The first kappa shape index (κ1) is 9.51. The minimum absolute atomic E-state index is 0.137. The predicted molar refractivity (Wildman–Crippen MR) is 47.0 cm³/mol. The maximum Gasteiger partial charge on any atom is 0.131 e. The van der Waals surface area contributed by atoms with Gasteiger partial charge in [-0.1, -0.05) is 11.6 Å². The van der Waals surface area contributed by atoms with Crippen molar-refractivity contribution in [2.45, 2.75) is 6.54 Å². The lowest BCUT2D eigenvalue weighted by Crippen LogP contribution is -2.17. The molecule has 12 heavy (non-hydrogen) atoms. The molecule has 1 aromatic rings. The number of aliphatic hydroxyl groups excluding tert-OH is 1. The van der Waals surface area contributed by atoms with Crippen LogP contribution in [0, 0.1) is 0 Å². The van der Waals surface area contributed by atoms with E-state index in [4.69, 9.17) is 16.7 Å². The first-order chi connectivity index (χ1) is 5.75. The van der Waals surface area contributed by atoms with Crippen molar-refractivity contribution in [3.63, 3.8) is 0 Å². The Kier molecular flexibility index (Phi) is 3.52. The monoisotopic (exact) mass is 189 g/mol. The number of aryl methyl sites for hydroxylation is 1. The van der Waals surface area contributed by atoms with Gasteiger partial charge in [0, 0.05) is 25.7 Å². The second-order valence-electron chi connectivity index (χ2n) is 2.48. The molecule has 1 heterocycles.